The Labute approximate surface area is 108 Å². The predicted octanol–water partition coefficient (Wildman–Crippen LogP) is 1.32. The van der Waals surface area contributed by atoms with Crippen molar-refractivity contribution in [3.05, 3.63) is 23.9 Å². The Morgan fingerprint density at radius 3 is 2.61 bits per heavy atom. The van der Waals surface area contributed by atoms with Crippen LogP contribution in [-0.4, -0.2) is 42.0 Å². The van der Waals surface area contributed by atoms with Gasteiger partial charge in [-0.1, -0.05) is 13.8 Å². The van der Waals surface area contributed by atoms with Crippen LogP contribution in [0.3, 0.4) is 0 Å². The zero-order valence-corrected chi connectivity index (χ0v) is 11.1. The average Bonchev–Trinajstić information content (AvgIpc) is 2.39. The number of amides is 1. The number of carbonyl (C=O) groups excluding carboxylic acids is 1. The molecule has 0 aliphatic heterocycles. The molecule has 1 heterocycles. The quantitative estimate of drug-likeness (QED) is 0.683. The molecule has 0 unspecified atom stereocenters. The number of primary amides is 1. The zero-order valence-electron chi connectivity index (χ0n) is 11.1. The Kier molecular flexibility index (Phi) is 6.14. The largest absolute Gasteiger partial charge is 0.370 e. The number of nitrogens with two attached hydrogens (primary N) is 1. The standard InChI is InChI=1S/C13H22N4O/c1-3-17(4-2)9-5-8-15-12-7-6-11(10-16-12)13(14)18/h6-7,10H,3-5,8-9H2,1-2H3,(H2,14,18)(H,15,16). The van der Waals surface area contributed by atoms with E-state index in [2.05, 4.69) is 29.0 Å². The fraction of sp³-hybridized carbons (Fsp3) is 0.538. The molecule has 0 bridgehead atoms. The lowest BCUT2D eigenvalue weighted by Gasteiger charge is -2.17. The van der Waals surface area contributed by atoms with Crippen molar-refractivity contribution < 1.29 is 4.79 Å². The van der Waals surface area contributed by atoms with Crippen molar-refractivity contribution in [2.24, 2.45) is 5.73 Å². The van der Waals surface area contributed by atoms with Crippen molar-refractivity contribution in [2.75, 3.05) is 31.5 Å². The molecule has 0 aromatic carbocycles. The first-order chi connectivity index (χ1) is 8.67. The first-order valence-electron chi connectivity index (χ1n) is 6.39. The minimum absolute atomic E-state index is 0.434. The lowest BCUT2D eigenvalue weighted by molar-refractivity contribution is 0.1000. The summed E-state index contributed by atoms with van der Waals surface area (Å²) in [5.41, 5.74) is 5.58. The van der Waals surface area contributed by atoms with Crippen LogP contribution >= 0.6 is 0 Å². The van der Waals surface area contributed by atoms with Crippen molar-refractivity contribution in [2.45, 2.75) is 20.3 Å². The van der Waals surface area contributed by atoms with Crippen molar-refractivity contribution in [1.82, 2.24) is 9.88 Å². The second kappa shape index (κ2) is 7.66. The van der Waals surface area contributed by atoms with E-state index in [4.69, 9.17) is 5.73 Å². The van der Waals surface area contributed by atoms with Crippen LogP contribution in [-0.2, 0) is 0 Å². The van der Waals surface area contributed by atoms with Gasteiger partial charge >= 0.3 is 0 Å². The molecule has 1 amide bonds. The van der Waals surface area contributed by atoms with Gasteiger partial charge < -0.3 is 16.0 Å². The first kappa shape index (κ1) is 14.4. The Hall–Kier alpha value is -1.62. The van der Waals surface area contributed by atoms with E-state index in [1.807, 2.05) is 0 Å². The summed E-state index contributed by atoms with van der Waals surface area (Å²) in [5.74, 6) is 0.329. The fourth-order valence-corrected chi connectivity index (χ4v) is 1.70. The molecular weight excluding hydrogens is 228 g/mol. The topological polar surface area (TPSA) is 71.2 Å². The summed E-state index contributed by atoms with van der Waals surface area (Å²) in [6, 6.07) is 3.46. The molecule has 0 radical (unpaired) electrons. The monoisotopic (exact) mass is 250 g/mol. The van der Waals surface area contributed by atoms with E-state index in [1.54, 1.807) is 12.1 Å². The minimum atomic E-state index is -0.449. The van der Waals surface area contributed by atoms with E-state index in [9.17, 15) is 4.79 Å². The summed E-state index contributed by atoms with van der Waals surface area (Å²) < 4.78 is 0. The summed E-state index contributed by atoms with van der Waals surface area (Å²) in [4.78, 5) is 17.4. The van der Waals surface area contributed by atoms with E-state index < -0.39 is 5.91 Å². The molecule has 0 saturated heterocycles. The average molecular weight is 250 g/mol. The van der Waals surface area contributed by atoms with Gasteiger partial charge in [0.15, 0.2) is 0 Å². The molecule has 0 saturated carbocycles. The molecule has 0 fully saturated rings. The van der Waals surface area contributed by atoms with E-state index in [-0.39, 0.29) is 0 Å². The number of hydrogen-bond donors (Lipinski definition) is 2. The highest BCUT2D eigenvalue weighted by Crippen LogP contribution is 2.04. The van der Waals surface area contributed by atoms with Crippen LogP contribution < -0.4 is 11.1 Å². The molecule has 1 aromatic rings. The molecular formula is C13H22N4O. The highest BCUT2D eigenvalue weighted by Gasteiger charge is 2.01. The smallest absolute Gasteiger partial charge is 0.250 e. The van der Waals surface area contributed by atoms with Crippen LogP contribution in [0.25, 0.3) is 0 Å². The third kappa shape index (κ3) is 4.71. The fourth-order valence-electron chi connectivity index (χ4n) is 1.70. The van der Waals surface area contributed by atoms with Crippen molar-refractivity contribution in [1.29, 1.82) is 0 Å². The van der Waals surface area contributed by atoms with Crippen LogP contribution in [0.2, 0.25) is 0 Å². The number of nitrogens with one attached hydrogen (secondary N) is 1. The van der Waals surface area contributed by atoms with Gasteiger partial charge in [0.1, 0.15) is 5.82 Å². The number of anilines is 1. The SMILES string of the molecule is CCN(CC)CCCNc1ccc(C(N)=O)cn1. The lowest BCUT2D eigenvalue weighted by Crippen LogP contribution is -2.25. The summed E-state index contributed by atoms with van der Waals surface area (Å²) in [6.45, 7) is 8.46. The number of hydrogen-bond acceptors (Lipinski definition) is 4. The highest BCUT2D eigenvalue weighted by molar-refractivity contribution is 5.92. The summed E-state index contributed by atoms with van der Waals surface area (Å²) in [5, 5.41) is 3.22. The Balaban J connectivity index is 2.29. The Morgan fingerprint density at radius 1 is 1.39 bits per heavy atom. The van der Waals surface area contributed by atoms with E-state index in [0.717, 1.165) is 38.4 Å². The van der Waals surface area contributed by atoms with Crippen LogP contribution in [0.1, 0.15) is 30.6 Å². The molecule has 1 rings (SSSR count). The second-order valence-electron chi connectivity index (χ2n) is 4.10. The number of aromatic nitrogens is 1. The van der Waals surface area contributed by atoms with Crippen LogP contribution in [0, 0.1) is 0 Å². The van der Waals surface area contributed by atoms with E-state index in [0.29, 0.717) is 5.56 Å². The lowest BCUT2D eigenvalue weighted by atomic mass is 10.3. The zero-order chi connectivity index (χ0) is 13.4. The second-order valence-corrected chi connectivity index (χ2v) is 4.10. The molecule has 0 atom stereocenters. The normalized spacial score (nSPS) is 10.6. The predicted molar refractivity (Wildman–Crippen MR) is 73.6 cm³/mol. The molecule has 100 valence electrons. The van der Waals surface area contributed by atoms with Gasteiger partial charge in [0.05, 0.1) is 5.56 Å². The molecule has 1 aromatic heterocycles. The number of carbonyl (C=O) groups is 1. The van der Waals surface area contributed by atoms with Gasteiger partial charge in [0.2, 0.25) is 5.91 Å². The Morgan fingerprint density at radius 2 is 2.11 bits per heavy atom. The summed E-state index contributed by atoms with van der Waals surface area (Å²) >= 11 is 0. The van der Waals surface area contributed by atoms with Gasteiger partial charge in [-0.3, -0.25) is 4.79 Å². The number of pyridine rings is 1. The van der Waals surface area contributed by atoms with Crippen molar-refractivity contribution >= 4 is 11.7 Å². The third-order valence-electron chi connectivity index (χ3n) is 2.90. The van der Waals surface area contributed by atoms with Crippen LogP contribution in [0.4, 0.5) is 5.82 Å². The highest BCUT2D eigenvalue weighted by atomic mass is 16.1. The number of rotatable bonds is 8. The number of nitrogens with zero attached hydrogens (tertiary/aromatic N) is 2. The van der Waals surface area contributed by atoms with E-state index >= 15 is 0 Å². The van der Waals surface area contributed by atoms with E-state index in [1.165, 1.54) is 6.20 Å². The molecule has 0 spiro atoms. The van der Waals surface area contributed by atoms with Gasteiger partial charge in [-0.25, -0.2) is 4.98 Å². The van der Waals surface area contributed by atoms with Gasteiger partial charge in [0, 0.05) is 12.7 Å². The van der Waals surface area contributed by atoms with Crippen LogP contribution in [0.15, 0.2) is 18.3 Å². The van der Waals surface area contributed by atoms with Crippen molar-refractivity contribution in [3.8, 4) is 0 Å². The third-order valence-corrected chi connectivity index (χ3v) is 2.90. The molecule has 3 N–H and O–H groups in total. The molecule has 0 aliphatic rings. The summed E-state index contributed by atoms with van der Waals surface area (Å²) in [6.07, 6.45) is 2.57. The molecule has 5 nitrogen and oxygen atoms in total. The van der Waals surface area contributed by atoms with Crippen LogP contribution in [0.5, 0.6) is 0 Å². The molecule has 0 aliphatic carbocycles. The van der Waals surface area contributed by atoms with Gasteiger partial charge in [0.25, 0.3) is 0 Å². The molecule has 5 heteroatoms. The maximum absolute atomic E-state index is 10.9. The first-order valence-corrected chi connectivity index (χ1v) is 6.39. The van der Waals surface area contributed by atoms with Gasteiger partial charge in [-0.05, 0) is 38.2 Å². The van der Waals surface area contributed by atoms with Gasteiger partial charge in [-0.2, -0.15) is 0 Å². The van der Waals surface area contributed by atoms with Gasteiger partial charge in [-0.15, -0.1) is 0 Å². The molecule has 18 heavy (non-hydrogen) atoms. The van der Waals surface area contributed by atoms with Crippen molar-refractivity contribution in [3.63, 3.8) is 0 Å². The maximum Gasteiger partial charge on any atom is 0.250 e. The minimum Gasteiger partial charge on any atom is -0.370 e. The maximum atomic E-state index is 10.9. The summed E-state index contributed by atoms with van der Waals surface area (Å²) in [7, 11) is 0. The Bertz CT molecular complexity index is 360.